The van der Waals surface area contributed by atoms with E-state index < -0.39 is 4.92 Å². The van der Waals surface area contributed by atoms with E-state index in [1.54, 1.807) is 0 Å². The van der Waals surface area contributed by atoms with Gasteiger partial charge in [0, 0.05) is 12.3 Å². The highest BCUT2D eigenvalue weighted by molar-refractivity contribution is 5.79. The fourth-order valence-corrected chi connectivity index (χ4v) is 1.15. The Balaban J connectivity index is 2.42. The Morgan fingerprint density at radius 1 is 1.60 bits per heavy atom. The van der Waals surface area contributed by atoms with E-state index in [1.807, 2.05) is 0 Å². The summed E-state index contributed by atoms with van der Waals surface area (Å²) in [5.41, 5.74) is -0.227. The van der Waals surface area contributed by atoms with Crippen LogP contribution in [0.25, 0.3) is 0 Å². The topological polar surface area (TPSA) is 82.3 Å². The standard InChI is InChI=1S/C9H8N2O4/c12-5-7-9(15-6-1-2-6)8(11(13)14)3-4-10-7/h3-6H,1-2H2. The quantitative estimate of drug-likeness (QED) is 0.423. The van der Waals surface area contributed by atoms with Crippen molar-refractivity contribution in [3.8, 4) is 5.75 Å². The molecule has 0 atom stereocenters. The maximum absolute atomic E-state index is 10.7. The van der Waals surface area contributed by atoms with Crippen LogP contribution in [0.4, 0.5) is 5.69 Å². The Morgan fingerprint density at radius 2 is 2.33 bits per heavy atom. The molecule has 0 radical (unpaired) electrons. The molecule has 0 saturated heterocycles. The van der Waals surface area contributed by atoms with Crippen LogP contribution in [-0.4, -0.2) is 22.3 Å². The van der Waals surface area contributed by atoms with Crippen molar-refractivity contribution in [1.29, 1.82) is 0 Å². The van der Waals surface area contributed by atoms with Crippen LogP contribution in [0.15, 0.2) is 12.3 Å². The van der Waals surface area contributed by atoms with E-state index in [0.29, 0.717) is 6.29 Å². The lowest BCUT2D eigenvalue weighted by Gasteiger charge is -2.05. The number of carbonyl (C=O) groups is 1. The van der Waals surface area contributed by atoms with Gasteiger partial charge in [0.1, 0.15) is 0 Å². The Bertz CT molecular complexity index is 415. The van der Waals surface area contributed by atoms with Crippen LogP contribution < -0.4 is 4.74 Å². The highest BCUT2D eigenvalue weighted by atomic mass is 16.6. The molecule has 0 bridgehead atoms. The van der Waals surface area contributed by atoms with Crippen molar-refractivity contribution < 1.29 is 14.5 Å². The largest absolute Gasteiger partial charge is 0.482 e. The van der Waals surface area contributed by atoms with Gasteiger partial charge >= 0.3 is 5.69 Å². The fourth-order valence-electron chi connectivity index (χ4n) is 1.15. The van der Waals surface area contributed by atoms with Crippen molar-refractivity contribution in [2.45, 2.75) is 18.9 Å². The van der Waals surface area contributed by atoms with Gasteiger partial charge in [-0.1, -0.05) is 0 Å². The number of hydrogen-bond donors (Lipinski definition) is 0. The van der Waals surface area contributed by atoms with Crippen molar-refractivity contribution in [2.75, 3.05) is 0 Å². The van der Waals surface area contributed by atoms with E-state index >= 15 is 0 Å². The lowest BCUT2D eigenvalue weighted by Crippen LogP contribution is -2.04. The van der Waals surface area contributed by atoms with Gasteiger partial charge in [0.25, 0.3) is 0 Å². The first-order valence-electron chi connectivity index (χ1n) is 4.47. The molecule has 6 heteroatoms. The van der Waals surface area contributed by atoms with Crippen LogP contribution in [-0.2, 0) is 0 Å². The van der Waals surface area contributed by atoms with Crippen LogP contribution in [0.3, 0.4) is 0 Å². The minimum absolute atomic E-state index is 0.00778. The van der Waals surface area contributed by atoms with E-state index in [1.165, 1.54) is 12.3 Å². The predicted octanol–water partition coefficient (Wildman–Crippen LogP) is 1.34. The van der Waals surface area contributed by atoms with Crippen LogP contribution in [0.5, 0.6) is 5.75 Å². The summed E-state index contributed by atoms with van der Waals surface area (Å²) < 4.78 is 5.30. The van der Waals surface area contributed by atoms with E-state index in [-0.39, 0.29) is 23.2 Å². The first kappa shape index (κ1) is 9.57. The van der Waals surface area contributed by atoms with Gasteiger partial charge in [-0.05, 0) is 12.8 Å². The SMILES string of the molecule is O=Cc1nccc([N+](=O)[O-])c1OC1CC1. The highest BCUT2D eigenvalue weighted by Crippen LogP contribution is 2.34. The van der Waals surface area contributed by atoms with Gasteiger partial charge in [0.2, 0.25) is 5.75 Å². The molecular weight excluding hydrogens is 200 g/mol. The monoisotopic (exact) mass is 208 g/mol. The van der Waals surface area contributed by atoms with Crippen molar-refractivity contribution in [3.05, 3.63) is 28.1 Å². The van der Waals surface area contributed by atoms with Crippen LogP contribution in [0, 0.1) is 10.1 Å². The second kappa shape index (κ2) is 3.64. The third kappa shape index (κ3) is 1.93. The minimum Gasteiger partial charge on any atom is -0.482 e. The van der Waals surface area contributed by atoms with E-state index in [2.05, 4.69) is 4.98 Å². The van der Waals surface area contributed by atoms with E-state index in [9.17, 15) is 14.9 Å². The Morgan fingerprint density at radius 3 is 2.87 bits per heavy atom. The molecule has 0 unspecified atom stereocenters. The molecule has 1 aromatic heterocycles. The molecule has 1 fully saturated rings. The normalized spacial score (nSPS) is 14.7. The smallest absolute Gasteiger partial charge is 0.314 e. The fraction of sp³-hybridized carbons (Fsp3) is 0.333. The molecule has 78 valence electrons. The van der Waals surface area contributed by atoms with Crippen molar-refractivity contribution in [2.24, 2.45) is 0 Å². The molecule has 0 amide bonds. The Hall–Kier alpha value is -1.98. The molecule has 15 heavy (non-hydrogen) atoms. The molecule has 0 aromatic carbocycles. The summed E-state index contributed by atoms with van der Waals surface area (Å²) in [6, 6.07) is 1.23. The average molecular weight is 208 g/mol. The van der Waals surface area contributed by atoms with Gasteiger partial charge in [0.15, 0.2) is 12.0 Å². The number of aromatic nitrogens is 1. The maximum Gasteiger partial charge on any atom is 0.314 e. The molecule has 0 aliphatic heterocycles. The van der Waals surface area contributed by atoms with Gasteiger partial charge in [0.05, 0.1) is 11.0 Å². The lowest BCUT2D eigenvalue weighted by molar-refractivity contribution is -0.386. The molecule has 2 rings (SSSR count). The summed E-state index contributed by atoms with van der Waals surface area (Å²) in [4.78, 5) is 24.5. The number of hydrogen-bond acceptors (Lipinski definition) is 5. The Kier molecular flexibility index (Phi) is 2.32. The first-order valence-corrected chi connectivity index (χ1v) is 4.47. The van der Waals surface area contributed by atoms with Gasteiger partial charge in [-0.3, -0.25) is 14.9 Å². The number of ether oxygens (including phenoxy) is 1. The zero-order chi connectivity index (χ0) is 10.8. The molecule has 1 heterocycles. The molecule has 1 aromatic rings. The highest BCUT2D eigenvalue weighted by Gasteiger charge is 2.29. The summed E-state index contributed by atoms with van der Waals surface area (Å²) in [5, 5.41) is 10.7. The molecule has 0 spiro atoms. The second-order valence-corrected chi connectivity index (χ2v) is 3.24. The van der Waals surface area contributed by atoms with Crippen LogP contribution in [0.1, 0.15) is 23.3 Å². The maximum atomic E-state index is 10.7. The minimum atomic E-state index is -0.577. The molecule has 6 nitrogen and oxygen atoms in total. The van der Waals surface area contributed by atoms with Gasteiger partial charge in [-0.15, -0.1) is 0 Å². The third-order valence-corrected chi connectivity index (χ3v) is 2.03. The molecule has 0 N–H and O–H groups in total. The number of carbonyl (C=O) groups excluding carboxylic acids is 1. The average Bonchev–Trinajstić information content (AvgIpc) is 3.01. The van der Waals surface area contributed by atoms with E-state index in [0.717, 1.165) is 12.8 Å². The number of pyridine rings is 1. The lowest BCUT2D eigenvalue weighted by atomic mass is 10.3. The molecule has 1 saturated carbocycles. The number of nitro groups is 1. The number of aldehydes is 1. The zero-order valence-corrected chi connectivity index (χ0v) is 7.75. The van der Waals surface area contributed by atoms with E-state index in [4.69, 9.17) is 4.74 Å². The zero-order valence-electron chi connectivity index (χ0n) is 7.75. The van der Waals surface area contributed by atoms with Crippen molar-refractivity contribution in [1.82, 2.24) is 4.98 Å². The predicted molar refractivity (Wildman–Crippen MR) is 49.9 cm³/mol. The number of nitrogens with zero attached hydrogens (tertiary/aromatic N) is 2. The van der Waals surface area contributed by atoms with Crippen molar-refractivity contribution >= 4 is 12.0 Å². The summed E-state index contributed by atoms with van der Waals surface area (Å²) in [6.45, 7) is 0. The van der Waals surface area contributed by atoms with Crippen LogP contribution in [0.2, 0.25) is 0 Å². The summed E-state index contributed by atoms with van der Waals surface area (Å²) in [5.74, 6) is -0.0139. The number of rotatable bonds is 4. The molecule has 1 aliphatic rings. The Labute approximate surface area is 85.0 Å². The molecular formula is C9H8N2O4. The first-order chi connectivity index (χ1) is 7.22. The third-order valence-electron chi connectivity index (χ3n) is 2.03. The molecule has 1 aliphatic carbocycles. The van der Waals surface area contributed by atoms with Crippen molar-refractivity contribution in [3.63, 3.8) is 0 Å². The summed E-state index contributed by atoms with van der Waals surface area (Å²) >= 11 is 0. The van der Waals surface area contributed by atoms with Gasteiger partial charge in [-0.2, -0.15) is 0 Å². The van der Waals surface area contributed by atoms with Gasteiger partial charge < -0.3 is 4.74 Å². The summed E-state index contributed by atoms with van der Waals surface area (Å²) in [6.07, 6.45) is 3.41. The summed E-state index contributed by atoms with van der Waals surface area (Å²) in [7, 11) is 0. The van der Waals surface area contributed by atoms with Crippen LogP contribution >= 0.6 is 0 Å². The second-order valence-electron chi connectivity index (χ2n) is 3.24. The van der Waals surface area contributed by atoms with Gasteiger partial charge in [-0.25, -0.2) is 4.98 Å².